The van der Waals surface area contributed by atoms with Crippen molar-refractivity contribution in [3.63, 3.8) is 0 Å². The summed E-state index contributed by atoms with van der Waals surface area (Å²) in [7, 11) is 0. The van der Waals surface area contributed by atoms with Crippen molar-refractivity contribution in [1.82, 2.24) is 0 Å². The minimum Gasteiger partial charge on any atom is -1.00 e. The van der Waals surface area contributed by atoms with Crippen molar-refractivity contribution >= 4 is 46.4 Å². The molecule has 0 N–H and O–H groups in total. The van der Waals surface area contributed by atoms with Gasteiger partial charge in [-0.25, -0.2) is 0 Å². The second-order valence-corrected chi connectivity index (χ2v) is 2.97. The van der Waals surface area contributed by atoms with E-state index in [1.165, 1.54) is 4.90 Å². The van der Waals surface area contributed by atoms with Crippen LogP contribution >= 0.6 is 23.4 Å². The van der Waals surface area contributed by atoms with Crippen molar-refractivity contribution in [3.8, 4) is 0 Å². The van der Waals surface area contributed by atoms with Crippen molar-refractivity contribution in [2.75, 3.05) is 6.26 Å². The number of hydrogen-bond acceptors (Lipinski definition) is 1. The molecule has 0 nitrogen and oxygen atoms in total. The van der Waals surface area contributed by atoms with E-state index in [1.54, 1.807) is 11.8 Å². The average Bonchev–Trinajstić information content (AvgIpc) is 1.90. The smallest absolute Gasteiger partial charge is 1.00 e. The van der Waals surface area contributed by atoms with E-state index < -0.39 is 0 Å². The second-order valence-electron chi connectivity index (χ2n) is 1.66. The first-order chi connectivity index (χ1) is 4.33. The number of benzene rings is 1. The van der Waals surface area contributed by atoms with Gasteiger partial charge in [0.1, 0.15) is 0 Å². The molecule has 0 spiro atoms. The van der Waals surface area contributed by atoms with Crippen LogP contribution in [0.25, 0.3) is 0 Å². The Morgan fingerprint density at radius 1 is 1.30 bits per heavy atom. The number of hydrogen-bond donors (Lipinski definition) is 0. The van der Waals surface area contributed by atoms with Crippen molar-refractivity contribution in [3.05, 3.63) is 29.3 Å². The zero-order valence-corrected chi connectivity index (χ0v) is 8.79. The van der Waals surface area contributed by atoms with Crippen LogP contribution < -0.4 is 0 Å². The van der Waals surface area contributed by atoms with Gasteiger partial charge in [0.25, 0.3) is 0 Å². The molecule has 0 radical (unpaired) electrons. The molecule has 10 heavy (non-hydrogen) atoms. The molecule has 52 valence electrons. The Hall–Kier alpha value is 0.626. The van der Waals surface area contributed by atoms with E-state index in [1.807, 2.05) is 30.5 Å². The first kappa shape index (κ1) is 10.6. The summed E-state index contributed by atoms with van der Waals surface area (Å²) >= 11 is 7.38. The van der Waals surface area contributed by atoms with Crippen LogP contribution in [0.1, 0.15) is 2.85 Å². The molecule has 1 aromatic carbocycles. The molecule has 0 heterocycles. The van der Waals surface area contributed by atoms with Gasteiger partial charge in [-0.2, -0.15) is 0 Å². The van der Waals surface area contributed by atoms with E-state index in [0.717, 1.165) is 5.02 Å². The van der Waals surface area contributed by atoms with E-state index in [4.69, 9.17) is 11.6 Å². The summed E-state index contributed by atoms with van der Waals surface area (Å²) in [5, 5.41) is 0.799. The fourth-order valence-corrected chi connectivity index (χ4v) is 1.10. The van der Waals surface area contributed by atoms with Crippen LogP contribution in [0.5, 0.6) is 0 Å². The molecule has 0 bridgehead atoms. The summed E-state index contributed by atoms with van der Waals surface area (Å²) in [6, 6.07) is 7.81. The molecule has 1 aromatic rings. The van der Waals surface area contributed by atoms with Crippen molar-refractivity contribution in [2.24, 2.45) is 0 Å². The van der Waals surface area contributed by atoms with E-state index in [0.29, 0.717) is 0 Å². The molecule has 0 aliphatic rings. The molecule has 0 amide bonds. The maximum Gasteiger partial charge on any atom is 2.00 e. The summed E-state index contributed by atoms with van der Waals surface area (Å²) in [6.07, 6.45) is 2.04. The number of rotatable bonds is 1. The molecule has 0 aliphatic heterocycles. The number of halogens is 1. The summed E-state index contributed by atoms with van der Waals surface area (Å²) in [4.78, 5) is 1.25. The van der Waals surface area contributed by atoms with Gasteiger partial charge < -0.3 is 2.85 Å². The van der Waals surface area contributed by atoms with Crippen molar-refractivity contribution in [1.29, 1.82) is 0 Å². The molecule has 0 fully saturated rings. The first-order valence-corrected chi connectivity index (χ1v) is 4.23. The SMILES string of the molecule is CSc1ccc(Cl)cc1.[H-].[H-].[Mg+2]. The Balaban J connectivity index is -0.000000270. The van der Waals surface area contributed by atoms with Crippen LogP contribution in [0.2, 0.25) is 5.02 Å². The summed E-state index contributed by atoms with van der Waals surface area (Å²) < 4.78 is 0. The zero-order valence-electron chi connectivity index (χ0n) is 7.80. The molecule has 1 rings (SSSR count). The van der Waals surface area contributed by atoms with E-state index in [-0.39, 0.29) is 25.9 Å². The molecule has 3 heteroatoms. The standard InChI is InChI=1S/C7H7ClS.Mg.2H/c1-9-7-4-2-6(8)3-5-7;;;/h2-5H,1H3;;;/q;+2;2*-1. The Labute approximate surface area is 89.5 Å². The van der Waals surface area contributed by atoms with Gasteiger partial charge in [-0.1, -0.05) is 11.6 Å². The Kier molecular flexibility index (Phi) is 5.63. The summed E-state index contributed by atoms with van der Waals surface area (Å²) in [5.41, 5.74) is 0. The molecular formula is C7H9ClMgS. The topological polar surface area (TPSA) is 0 Å². The third kappa shape index (κ3) is 3.15. The van der Waals surface area contributed by atoms with Crippen LogP contribution in [0, 0.1) is 0 Å². The normalized spacial score (nSPS) is 8.60. The zero-order chi connectivity index (χ0) is 6.69. The molecule has 0 unspecified atom stereocenters. The van der Waals surface area contributed by atoms with Gasteiger partial charge in [0.05, 0.1) is 0 Å². The van der Waals surface area contributed by atoms with Crippen LogP contribution in [0.15, 0.2) is 29.2 Å². The Bertz CT molecular complexity index is 193. The Morgan fingerprint density at radius 3 is 2.20 bits per heavy atom. The van der Waals surface area contributed by atoms with E-state index in [9.17, 15) is 0 Å². The summed E-state index contributed by atoms with van der Waals surface area (Å²) in [5.74, 6) is 0. The van der Waals surface area contributed by atoms with E-state index >= 15 is 0 Å². The average molecular weight is 185 g/mol. The minimum absolute atomic E-state index is 0. The summed E-state index contributed by atoms with van der Waals surface area (Å²) in [6.45, 7) is 0. The molecule has 0 atom stereocenters. The second kappa shape index (κ2) is 5.30. The molecular weight excluding hydrogens is 176 g/mol. The quantitative estimate of drug-likeness (QED) is 0.478. The van der Waals surface area contributed by atoms with Crippen LogP contribution in [-0.4, -0.2) is 29.3 Å². The van der Waals surface area contributed by atoms with Gasteiger partial charge in [-0.05, 0) is 30.5 Å². The maximum absolute atomic E-state index is 5.66. The van der Waals surface area contributed by atoms with Gasteiger partial charge in [-0.3, -0.25) is 0 Å². The first-order valence-electron chi connectivity index (χ1n) is 2.62. The fourth-order valence-electron chi connectivity index (χ4n) is 0.571. The van der Waals surface area contributed by atoms with Gasteiger partial charge >= 0.3 is 23.1 Å². The predicted octanol–water partition coefficient (Wildman–Crippen LogP) is 2.91. The van der Waals surface area contributed by atoms with Crippen LogP contribution in [0.4, 0.5) is 0 Å². The van der Waals surface area contributed by atoms with Gasteiger partial charge in [0.2, 0.25) is 0 Å². The third-order valence-corrected chi connectivity index (χ3v) is 2.04. The van der Waals surface area contributed by atoms with Gasteiger partial charge in [0.15, 0.2) is 0 Å². The predicted molar refractivity (Wildman–Crippen MR) is 51.2 cm³/mol. The van der Waals surface area contributed by atoms with Crippen LogP contribution in [0.3, 0.4) is 0 Å². The van der Waals surface area contributed by atoms with Gasteiger partial charge in [-0.15, -0.1) is 11.8 Å². The molecule has 0 saturated carbocycles. The molecule has 0 aliphatic carbocycles. The fraction of sp³-hybridized carbons (Fsp3) is 0.143. The molecule has 0 aromatic heterocycles. The van der Waals surface area contributed by atoms with Crippen molar-refractivity contribution in [2.45, 2.75) is 4.90 Å². The van der Waals surface area contributed by atoms with Crippen molar-refractivity contribution < 1.29 is 2.85 Å². The Morgan fingerprint density at radius 2 is 1.80 bits per heavy atom. The monoisotopic (exact) mass is 184 g/mol. The van der Waals surface area contributed by atoms with Gasteiger partial charge in [0, 0.05) is 9.92 Å². The number of thioether (sulfide) groups is 1. The maximum atomic E-state index is 5.66. The largest absolute Gasteiger partial charge is 2.00 e. The van der Waals surface area contributed by atoms with E-state index in [2.05, 4.69) is 0 Å². The third-order valence-electron chi connectivity index (χ3n) is 1.05. The minimum atomic E-state index is 0. The van der Waals surface area contributed by atoms with Crippen LogP contribution in [-0.2, 0) is 0 Å². The molecule has 0 saturated heterocycles.